The van der Waals surface area contributed by atoms with Crippen molar-refractivity contribution in [1.29, 1.82) is 0 Å². The predicted octanol–water partition coefficient (Wildman–Crippen LogP) is 4.75. The fourth-order valence-electron chi connectivity index (χ4n) is 4.38. The van der Waals surface area contributed by atoms with Gasteiger partial charge in [-0.15, -0.1) is 0 Å². The van der Waals surface area contributed by atoms with E-state index in [1.165, 1.54) is 18.0 Å². The van der Waals surface area contributed by atoms with Gasteiger partial charge in [0.05, 0.1) is 24.7 Å². The molecule has 12 nitrogen and oxygen atoms in total. The van der Waals surface area contributed by atoms with Crippen LogP contribution in [0.5, 0.6) is 0 Å². The van der Waals surface area contributed by atoms with E-state index in [1.807, 2.05) is 0 Å². The third kappa shape index (κ3) is 7.49. The van der Waals surface area contributed by atoms with E-state index in [1.54, 1.807) is 20.8 Å². The first-order valence-electron chi connectivity index (χ1n) is 13.6. The molecule has 4 rings (SSSR count). The van der Waals surface area contributed by atoms with E-state index >= 15 is 0 Å². The highest BCUT2D eigenvalue weighted by atomic mass is 19.1. The number of benzene rings is 1. The van der Waals surface area contributed by atoms with E-state index in [4.69, 9.17) is 14.2 Å². The molecule has 3 N–H and O–H groups in total. The summed E-state index contributed by atoms with van der Waals surface area (Å²) in [7, 11) is 1.22. The van der Waals surface area contributed by atoms with Crippen LogP contribution in [0, 0.1) is 11.6 Å². The van der Waals surface area contributed by atoms with Crippen molar-refractivity contribution >= 4 is 23.7 Å². The standard InChI is InChI=1S/C28H34F2N6O6/c1-28(2,3)42-27(39)31-13-8-11-18-23(26(38)40-4)34-24(32-18)22-19(15-36(35-22)20-12-5-6-14-41-20)33-25(37)21-16(29)9-7-10-17(21)30/h7,9-10,15,20H,5-6,8,11-14H2,1-4H3,(H,31,39)(H,32,34)(H,33,37). The number of nitrogens with one attached hydrogen (secondary N) is 3. The van der Waals surface area contributed by atoms with Crippen LogP contribution in [0.2, 0.25) is 0 Å². The Morgan fingerprint density at radius 1 is 1.19 bits per heavy atom. The van der Waals surface area contributed by atoms with Crippen LogP contribution < -0.4 is 10.6 Å². The number of alkyl carbamates (subject to hydrolysis) is 1. The van der Waals surface area contributed by atoms with Gasteiger partial charge < -0.3 is 29.8 Å². The maximum atomic E-state index is 14.3. The average Bonchev–Trinajstić information content (AvgIpc) is 3.54. The number of aryl methyl sites for hydroxylation is 1. The van der Waals surface area contributed by atoms with Crippen LogP contribution in [0.15, 0.2) is 24.4 Å². The SMILES string of the molecule is COC(=O)c1nc(-c2nn(C3CCCCO3)cc2NC(=O)c2c(F)cccc2F)[nH]c1CCCNC(=O)OC(C)(C)C. The second-order valence-electron chi connectivity index (χ2n) is 10.7. The normalized spacial score (nSPS) is 15.2. The zero-order chi connectivity index (χ0) is 30.4. The molecule has 3 heterocycles. The lowest BCUT2D eigenvalue weighted by Crippen LogP contribution is -2.33. The van der Waals surface area contributed by atoms with Gasteiger partial charge in [-0.05, 0) is 65.0 Å². The van der Waals surface area contributed by atoms with Gasteiger partial charge >= 0.3 is 12.1 Å². The molecule has 1 aliphatic rings. The number of carbonyl (C=O) groups excluding carboxylic acids is 3. The molecule has 226 valence electrons. The van der Waals surface area contributed by atoms with Crippen LogP contribution in [-0.2, 0) is 20.6 Å². The molecule has 0 spiro atoms. The quantitative estimate of drug-likeness (QED) is 0.240. The number of methoxy groups -OCH3 is 1. The molecule has 1 unspecified atom stereocenters. The average molecular weight is 589 g/mol. The predicted molar refractivity (Wildman–Crippen MR) is 147 cm³/mol. The topological polar surface area (TPSA) is 149 Å². The molecular formula is C28H34F2N6O6. The molecular weight excluding hydrogens is 554 g/mol. The maximum absolute atomic E-state index is 14.3. The highest BCUT2D eigenvalue weighted by Gasteiger charge is 2.27. The van der Waals surface area contributed by atoms with Crippen LogP contribution in [0.4, 0.5) is 19.3 Å². The molecule has 0 radical (unpaired) electrons. The van der Waals surface area contributed by atoms with Crippen molar-refractivity contribution in [2.24, 2.45) is 0 Å². The van der Waals surface area contributed by atoms with Gasteiger partial charge in [-0.1, -0.05) is 6.07 Å². The summed E-state index contributed by atoms with van der Waals surface area (Å²) < 4.78 is 46.1. The van der Waals surface area contributed by atoms with E-state index in [0.29, 0.717) is 31.6 Å². The second-order valence-corrected chi connectivity index (χ2v) is 10.7. The zero-order valence-electron chi connectivity index (χ0n) is 23.9. The molecule has 0 saturated carbocycles. The number of anilines is 1. The number of nitrogens with zero attached hydrogens (tertiary/aromatic N) is 3. The number of hydrogen-bond donors (Lipinski definition) is 3. The minimum Gasteiger partial charge on any atom is -0.464 e. The summed E-state index contributed by atoms with van der Waals surface area (Å²) in [6.45, 7) is 6.05. The first-order chi connectivity index (χ1) is 20.0. The van der Waals surface area contributed by atoms with E-state index in [2.05, 4.69) is 25.7 Å². The fourth-order valence-corrected chi connectivity index (χ4v) is 4.38. The number of amides is 2. The van der Waals surface area contributed by atoms with Crippen LogP contribution in [0.25, 0.3) is 11.5 Å². The van der Waals surface area contributed by atoms with Crippen molar-refractivity contribution in [3.63, 3.8) is 0 Å². The fraction of sp³-hybridized carbons (Fsp3) is 0.464. The van der Waals surface area contributed by atoms with E-state index in [-0.39, 0.29) is 29.4 Å². The Balaban J connectivity index is 1.62. The number of aromatic amines is 1. The number of aromatic nitrogens is 4. The third-order valence-corrected chi connectivity index (χ3v) is 6.27. The van der Waals surface area contributed by atoms with Crippen LogP contribution in [-0.4, -0.2) is 63.6 Å². The number of esters is 1. The van der Waals surface area contributed by atoms with Gasteiger partial charge in [0.15, 0.2) is 17.2 Å². The molecule has 1 aliphatic heterocycles. The summed E-state index contributed by atoms with van der Waals surface area (Å²) in [4.78, 5) is 44.9. The summed E-state index contributed by atoms with van der Waals surface area (Å²) >= 11 is 0. The van der Waals surface area contributed by atoms with Crippen molar-refractivity contribution < 1.29 is 37.4 Å². The molecule has 1 aromatic carbocycles. The van der Waals surface area contributed by atoms with Crippen molar-refractivity contribution in [3.8, 4) is 11.5 Å². The lowest BCUT2D eigenvalue weighted by Gasteiger charge is -2.22. The second kappa shape index (κ2) is 13.1. The minimum atomic E-state index is -1.02. The summed E-state index contributed by atoms with van der Waals surface area (Å²) in [5.41, 5.74) is -0.775. The number of carbonyl (C=O) groups is 3. The van der Waals surface area contributed by atoms with Crippen LogP contribution in [0.3, 0.4) is 0 Å². The molecule has 2 aromatic heterocycles. The smallest absolute Gasteiger partial charge is 0.407 e. The van der Waals surface area contributed by atoms with Crippen LogP contribution in [0.1, 0.15) is 79.2 Å². The highest BCUT2D eigenvalue weighted by molar-refractivity contribution is 6.06. The van der Waals surface area contributed by atoms with Crippen LogP contribution >= 0.6 is 0 Å². The maximum Gasteiger partial charge on any atom is 0.407 e. The molecule has 0 aliphatic carbocycles. The minimum absolute atomic E-state index is 0.00865. The van der Waals surface area contributed by atoms with Crippen molar-refractivity contribution in [1.82, 2.24) is 25.1 Å². The molecule has 42 heavy (non-hydrogen) atoms. The molecule has 1 atom stereocenters. The largest absolute Gasteiger partial charge is 0.464 e. The van der Waals surface area contributed by atoms with Crippen molar-refractivity contribution in [3.05, 3.63) is 53.0 Å². The Hall–Kier alpha value is -4.33. The van der Waals surface area contributed by atoms with E-state index in [0.717, 1.165) is 31.0 Å². The molecule has 3 aromatic rings. The number of imidazole rings is 1. The Kier molecular flexibility index (Phi) is 9.55. The molecule has 0 bridgehead atoms. The number of halogens is 2. The van der Waals surface area contributed by atoms with Gasteiger partial charge in [0.2, 0.25) is 0 Å². The first-order valence-corrected chi connectivity index (χ1v) is 13.6. The first kappa shape index (κ1) is 30.6. The number of H-pyrrole nitrogens is 1. The molecule has 2 amide bonds. The van der Waals surface area contributed by atoms with Gasteiger partial charge in [0.25, 0.3) is 5.91 Å². The van der Waals surface area contributed by atoms with Gasteiger partial charge in [-0.3, -0.25) is 4.79 Å². The lowest BCUT2D eigenvalue weighted by atomic mass is 10.2. The van der Waals surface area contributed by atoms with Gasteiger partial charge in [-0.25, -0.2) is 28.0 Å². The lowest BCUT2D eigenvalue weighted by molar-refractivity contribution is -0.0393. The monoisotopic (exact) mass is 588 g/mol. The summed E-state index contributed by atoms with van der Waals surface area (Å²) in [6, 6.07) is 3.13. The Bertz CT molecular complexity index is 1420. The third-order valence-electron chi connectivity index (χ3n) is 6.27. The Labute approximate surface area is 241 Å². The van der Waals surface area contributed by atoms with Gasteiger partial charge in [-0.2, -0.15) is 5.10 Å². The van der Waals surface area contributed by atoms with E-state index < -0.39 is 47.0 Å². The number of rotatable bonds is 9. The highest BCUT2D eigenvalue weighted by Crippen LogP contribution is 2.31. The molecule has 1 fully saturated rings. The van der Waals surface area contributed by atoms with Gasteiger partial charge in [0, 0.05) is 13.2 Å². The van der Waals surface area contributed by atoms with Crippen molar-refractivity contribution in [2.75, 3.05) is 25.6 Å². The number of ether oxygens (including phenoxy) is 3. The summed E-state index contributed by atoms with van der Waals surface area (Å²) in [5, 5.41) is 9.74. The summed E-state index contributed by atoms with van der Waals surface area (Å²) in [6.07, 6.45) is 3.67. The van der Waals surface area contributed by atoms with Gasteiger partial charge in [0.1, 0.15) is 29.0 Å². The Morgan fingerprint density at radius 2 is 1.93 bits per heavy atom. The van der Waals surface area contributed by atoms with Crippen molar-refractivity contribution in [2.45, 2.75) is 64.7 Å². The molecule has 1 saturated heterocycles. The summed E-state index contributed by atoms with van der Waals surface area (Å²) in [5.74, 6) is -3.66. The number of hydrogen-bond acceptors (Lipinski definition) is 8. The Morgan fingerprint density at radius 3 is 2.57 bits per heavy atom. The zero-order valence-corrected chi connectivity index (χ0v) is 23.9. The van der Waals surface area contributed by atoms with E-state index in [9.17, 15) is 23.2 Å². The molecule has 14 heteroatoms.